The van der Waals surface area contributed by atoms with Crippen molar-refractivity contribution >= 4 is 27.6 Å². The van der Waals surface area contributed by atoms with Crippen LogP contribution in [0, 0.1) is 10.1 Å². The first-order valence-electron chi connectivity index (χ1n) is 5.82. The van der Waals surface area contributed by atoms with E-state index in [2.05, 4.69) is 21.1 Å². The van der Waals surface area contributed by atoms with E-state index in [-0.39, 0.29) is 23.2 Å². The number of hydrogen-bond acceptors (Lipinski definition) is 6. The summed E-state index contributed by atoms with van der Waals surface area (Å²) in [7, 11) is 0. The quantitative estimate of drug-likeness (QED) is 0.568. The molecule has 3 rings (SSSR count). The van der Waals surface area contributed by atoms with Gasteiger partial charge in [-0.1, -0.05) is 33.2 Å². The number of nitrogens with zero attached hydrogens (tertiary/aromatic N) is 2. The fourth-order valence-electron chi connectivity index (χ4n) is 1.91. The van der Waals surface area contributed by atoms with E-state index in [1.165, 1.54) is 12.1 Å². The molecule has 0 saturated heterocycles. The Morgan fingerprint density at radius 2 is 1.90 bits per heavy atom. The van der Waals surface area contributed by atoms with Crippen LogP contribution in [-0.2, 0) is 0 Å². The van der Waals surface area contributed by atoms with Gasteiger partial charge in [0, 0.05) is 4.47 Å². The van der Waals surface area contributed by atoms with Gasteiger partial charge in [-0.2, -0.15) is 0 Å². The topological polar surface area (TPSA) is 108 Å². The second-order valence-corrected chi connectivity index (χ2v) is 5.09. The highest BCUT2D eigenvalue weighted by Gasteiger charge is 2.22. The van der Waals surface area contributed by atoms with Gasteiger partial charge in [0.25, 0.3) is 0 Å². The van der Waals surface area contributed by atoms with Gasteiger partial charge in [0.2, 0.25) is 5.76 Å². The molecule has 0 radical (unpaired) electrons. The first-order chi connectivity index (χ1) is 10.1. The molecule has 0 atom stereocenters. The molecule has 0 spiro atoms. The summed E-state index contributed by atoms with van der Waals surface area (Å²) in [4.78, 5) is 10.1. The molecule has 2 heterocycles. The van der Waals surface area contributed by atoms with Crippen molar-refractivity contribution in [2.45, 2.75) is 0 Å². The molecule has 0 fully saturated rings. The zero-order chi connectivity index (χ0) is 15.0. The molecule has 0 bridgehead atoms. The molecule has 0 aliphatic carbocycles. The van der Waals surface area contributed by atoms with Gasteiger partial charge in [-0.3, -0.25) is 10.1 Å². The third kappa shape index (κ3) is 2.40. The number of furan rings is 1. The Kier molecular flexibility index (Phi) is 3.22. The van der Waals surface area contributed by atoms with Crippen LogP contribution in [0.15, 0.2) is 49.8 Å². The lowest BCUT2D eigenvalue weighted by Crippen LogP contribution is -1.88. The molecule has 0 aliphatic heterocycles. The van der Waals surface area contributed by atoms with E-state index in [0.29, 0.717) is 5.56 Å². The number of halogens is 1. The molecule has 0 unspecified atom stereocenters. The molecule has 106 valence electrons. The maximum absolute atomic E-state index is 10.7. The number of hydrogen-bond donors (Lipinski definition) is 1. The van der Waals surface area contributed by atoms with Gasteiger partial charge >= 0.3 is 5.88 Å². The van der Waals surface area contributed by atoms with E-state index < -0.39 is 4.92 Å². The van der Waals surface area contributed by atoms with Crippen molar-refractivity contribution in [1.82, 2.24) is 5.16 Å². The van der Waals surface area contributed by atoms with Gasteiger partial charge in [-0.05, 0) is 23.8 Å². The minimum Gasteiger partial charge on any atom is -0.397 e. The lowest BCUT2D eigenvalue weighted by atomic mass is 10.1. The van der Waals surface area contributed by atoms with E-state index in [4.69, 9.17) is 14.7 Å². The monoisotopic (exact) mass is 349 g/mol. The van der Waals surface area contributed by atoms with Crippen molar-refractivity contribution in [3.05, 3.63) is 51.0 Å². The molecule has 0 amide bonds. The summed E-state index contributed by atoms with van der Waals surface area (Å²) in [6.07, 6.45) is 0. The van der Waals surface area contributed by atoms with Crippen molar-refractivity contribution in [2.75, 3.05) is 5.73 Å². The molecule has 0 aliphatic rings. The highest BCUT2D eigenvalue weighted by molar-refractivity contribution is 9.10. The van der Waals surface area contributed by atoms with Crippen LogP contribution in [0.25, 0.3) is 22.6 Å². The number of nitrogen functional groups attached to an aromatic ring is 1. The summed E-state index contributed by atoms with van der Waals surface area (Å²) in [5.74, 6) is 0.264. The average molecular weight is 350 g/mol. The first-order valence-corrected chi connectivity index (χ1v) is 6.61. The lowest BCUT2D eigenvalue weighted by Gasteiger charge is -2.00. The minimum absolute atomic E-state index is 0.186. The van der Waals surface area contributed by atoms with Crippen molar-refractivity contribution in [1.29, 1.82) is 0 Å². The standard InChI is InChI=1S/C13H8BrN3O4/c14-8-3-1-7(2-4-8)11-12(21-16-13(11)15)9-5-6-10(20-9)17(18)19/h1-6H,(H2,15,16). The molecule has 8 heteroatoms. The maximum atomic E-state index is 10.7. The second kappa shape index (κ2) is 5.06. The van der Waals surface area contributed by atoms with Crippen molar-refractivity contribution in [2.24, 2.45) is 0 Å². The molecule has 3 aromatic rings. The Bertz CT molecular complexity index is 807. The van der Waals surface area contributed by atoms with E-state index in [1.54, 1.807) is 0 Å². The van der Waals surface area contributed by atoms with Crippen LogP contribution < -0.4 is 5.73 Å². The van der Waals surface area contributed by atoms with Gasteiger partial charge in [0.05, 0.1) is 11.6 Å². The normalized spacial score (nSPS) is 10.7. The molecule has 2 aromatic heterocycles. The highest BCUT2D eigenvalue weighted by Crippen LogP contribution is 2.38. The largest absolute Gasteiger partial charge is 0.433 e. The van der Waals surface area contributed by atoms with Crippen LogP contribution in [-0.4, -0.2) is 10.1 Å². The average Bonchev–Trinajstić information content (AvgIpc) is 3.06. The molecule has 0 saturated carbocycles. The Morgan fingerprint density at radius 1 is 1.19 bits per heavy atom. The molecule has 2 N–H and O–H groups in total. The van der Waals surface area contributed by atoms with Gasteiger partial charge in [0.1, 0.15) is 4.92 Å². The maximum Gasteiger partial charge on any atom is 0.433 e. The zero-order valence-electron chi connectivity index (χ0n) is 10.4. The predicted octanol–water partition coefficient (Wildman–Crippen LogP) is 3.85. The van der Waals surface area contributed by atoms with Gasteiger partial charge in [-0.15, -0.1) is 0 Å². The Labute approximate surface area is 126 Å². The third-order valence-electron chi connectivity index (χ3n) is 2.85. The minimum atomic E-state index is -0.622. The molecule has 7 nitrogen and oxygen atoms in total. The number of anilines is 1. The fourth-order valence-corrected chi connectivity index (χ4v) is 2.18. The fraction of sp³-hybridized carbons (Fsp3) is 0. The molecule has 1 aromatic carbocycles. The SMILES string of the molecule is Nc1noc(-c2ccc([N+](=O)[O-])o2)c1-c1ccc(Br)cc1. The Morgan fingerprint density at radius 3 is 2.52 bits per heavy atom. The van der Waals surface area contributed by atoms with Gasteiger partial charge < -0.3 is 14.7 Å². The summed E-state index contributed by atoms with van der Waals surface area (Å²) in [5, 5.41) is 14.4. The second-order valence-electron chi connectivity index (χ2n) is 4.17. The summed E-state index contributed by atoms with van der Waals surface area (Å²) in [5.41, 5.74) is 7.13. The van der Waals surface area contributed by atoms with Crippen LogP contribution in [0.5, 0.6) is 0 Å². The number of nitrogens with two attached hydrogens (primary N) is 1. The molecule has 21 heavy (non-hydrogen) atoms. The van der Waals surface area contributed by atoms with Crippen LogP contribution in [0.1, 0.15) is 0 Å². The van der Waals surface area contributed by atoms with Crippen LogP contribution in [0.2, 0.25) is 0 Å². The third-order valence-corrected chi connectivity index (χ3v) is 3.38. The van der Waals surface area contributed by atoms with Gasteiger partial charge in [0.15, 0.2) is 11.6 Å². The van der Waals surface area contributed by atoms with E-state index in [1.807, 2.05) is 24.3 Å². The van der Waals surface area contributed by atoms with Crippen LogP contribution in [0.3, 0.4) is 0 Å². The van der Waals surface area contributed by atoms with Crippen LogP contribution >= 0.6 is 15.9 Å². The van der Waals surface area contributed by atoms with Crippen molar-refractivity contribution in [3.63, 3.8) is 0 Å². The van der Waals surface area contributed by atoms with Crippen molar-refractivity contribution in [3.8, 4) is 22.6 Å². The highest BCUT2D eigenvalue weighted by atomic mass is 79.9. The number of nitro groups is 1. The van der Waals surface area contributed by atoms with E-state index >= 15 is 0 Å². The van der Waals surface area contributed by atoms with Crippen molar-refractivity contribution < 1.29 is 13.9 Å². The van der Waals surface area contributed by atoms with E-state index in [0.717, 1.165) is 10.0 Å². The number of aromatic nitrogens is 1. The molecular weight excluding hydrogens is 342 g/mol. The molecular formula is C13H8BrN3O4. The summed E-state index contributed by atoms with van der Waals surface area (Å²) in [6, 6.07) is 10.0. The number of benzene rings is 1. The summed E-state index contributed by atoms with van der Waals surface area (Å²) in [6.45, 7) is 0. The zero-order valence-corrected chi connectivity index (χ0v) is 12.0. The Balaban J connectivity index is 2.11. The van der Waals surface area contributed by atoms with Gasteiger partial charge in [-0.25, -0.2) is 0 Å². The van der Waals surface area contributed by atoms with Crippen LogP contribution in [0.4, 0.5) is 11.7 Å². The summed E-state index contributed by atoms with van der Waals surface area (Å²) >= 11 is 3.35. The Hall–Kier alpha value is -2.61. The smallest absolute Gasteiger partial charge is 0.397 e. The first kappa shape index (κ1) is 13.4. The predicted molar refractivity (Wildman–Crippen MR) is 78.4 cm³/mol. The summed E-state index contributed by atoms with van der Waals surface area (Å²) < 4.78 is 11.2. The number of rotatable bonds is 3. The van der Waals surface area contributed by atoms with E-state index in [9.17, 15) is 10.1 Å². The lowest BCUT2D eigenvalue weighted by molar-refractivity contribution is -0.401.